The summed E-state index contributed by atoms with van der Waals surface area (Å²) in [7, 11) is 0. The first kappa shape index (κ1) is 15.7. The van der Waals surface area contributed by atoms with Crippen molar-refractivity contribution in [3.8, 4) is 6.07 Å². The molecule has 0 radical (unpaired) electrons. The molecule has 24 heavy (non-hydrogen) atoms. The molecule has 124 valence electrons. The van der Waals surface area contributed by atoms with Crippen LogP contribution in [0.3, 0.4) is 0 Å². The zero-order valence-corrected chi connectivity index (χ0v) is 14.2. The van der Waals surface area contributed by atoms with E-state index >= 15 is 0 Å². The van der Waals surface area contributed by atoms with Crippen molar-refractivity contribution in [3.63, 3.8) is 0 Å². The Labute approximate surface area is 146 Å². The molecule has 2 unspecified atom stereocenters. The topological polar surface area (TPSA) is 61.8 Å². The quantitative estimate of drug-likeness (QED) is 0.867. The van der Waals surface area contributed by atoms with Crippen molar-refractivity contribution in [3.05, 3.63) is 53.6 Å². The van der Waals surface area contributed by atoms with Gasteiger partial charge in [0.1, 0.15) is 17.4 Å². The van der Waals surface area contributed by atoms with E-state index in [0.717, 1.165) is 32.1 Å². The summed E-state index contributed by atoms with van der Waals surface area (Å²) in [6.07, 6.45) is 7.77. The summed E-state index contributed by atoms with van der Waals surface area (Å²) < 4.78 is 1.74. The number of imidazole rings is 1. The highest BCUT2D eigenvalue weighted by Gasteiger charge is 2.61. The maximum Gasteiger partial charge on any atom is 0.139 e. The molecular formula is C19H20ClN3O. The van der Waals surface area contributed by atoms with Crippen LogP contribution in [0.4, 0.5) is 0 Å². The number of aliphatic hydroxyl groups is 1. The summed E-state index contributed by atoms with van der Waals surface area (Å²) in [6.45, 7) is 0.304. The van der Waals surface area contributed by atoms with Crippen molar-refractivity contribution in [1.82, 2.24) is 9.55 Å². The molecule has 0 amide bonds. The average molecular weight is 342 g/mol. The summed E-state index contributed by atoms with van der Waals surface area (Å²) >= 11 is 6.80. The van der Waals surface area contributed by atoms with Crippen LogP contribution in [0.1, 0.15) is 48.4 Å². The number of fused-ring (bicyclic) bond motifs is 1. The lowest BCUT2D eigenvalue weighted by atomic mass is 9.70. The summed E-state index contributed by atoms with van der Waals surface area (Å²) in [6, 6.07) is 10.5. The second-order valence-electron chi connectivity index (χ2n) is 7.05. The Bertz CT molecular complexity index is 805. The number of aryl methyl sites for hydroxylation is 1. The van der Waals surface area contributed by atoms with E-state index in [2.05, 4.69) is 29.3 Å². The normalized spacial score (nSPS) is 23.8. The summed E-state index contributed by atoms with van der Waals surface area (Å²) in [5.74, 6) is -0.0172. The first-order valence-electron chi connectivity index (χ1n) is 8.47. The van der Waals surface area contributed by atoms with E-state index in [-0.39, 0.29) is 5.92 Å². The number of alkyl halides is 1. The maximum absolute atomic E-state index is 11.8. The Morgan fingerprint density at radius 2 is 2.21 bits per heavy atom. The van der Waals surface area contributed by atoms with Crippen LogP contribution in [0.5, 0.6) is 0 Å². The minimum Gasteiger partial charge on any atom is -0.386 e. The van der Waals surface area contributed by atoms with Crippen LogP contribution in [-0.2, 0) is 13.0 Å². The molecule has 1 heterocycles. The van der Waals surface area contributed by atoms with E-state index in [4.69, 9.17) is 11.6 Å². The van der Waals surface area contributed by atoms with E-state index in [1.165, 1.54) is 17.3 Å². The zero-order chi connectivity index (χ0) is 16.8. The number of nitrogens with zero attached hydrogens (tertiary/aromatic N) is 3. The summed E-state index contributed by atoms with van der Waals surface area (Å²) in [4.78, 5) is 3.44. The van der Waals surface area contributed by atoms with E-state index in [1.54, 1.807) is 10.9 Å². The molecule has 1 N–H and O–H groups in total. The minimum atomic E-state index is -1.09. The average Bonchev–Trinajstić information content (AvgIpc) is 3.21. The molecule has 0 spiro atoms. The number of nitriles is 1. The largest absolute Gasteiger partial charge is 0.386 e. The van der Waals surface area contributed by atoms with Gasteiger partial charge in [0.2, 0.25) is 0 Å². The molecule has 1 aromatic heterocycles. The highest BCUT2D eigenvalue weighted by atomic mass is 35.5. The number of benzene rings is 1. The third kappa shape index (κ3) is 2.35. The molecule has 4 nitrogen and oxygen atoms in total. The van der Waals surface area contributed by atoms with Crippen LogP contribution >= 0.6 is 11.6 Å². The van der Waals surface area contributed by atoms with Crippen molar-refractivity contribution in [2.45, 2.75) is 55.0 Å². The fourth-order valence-electron chi connectivity index (χ4n) is 4.16. The smallest absolute Gasteiger partial charge is 0.139 e. The van der Waals surface area contributed by atoms with Crippen LogP contribution in [-0.4, -0.2) is 25.1 Å². The van der Waals surface area contributed by atoms with E-state index in [1.807, 2.05) is 6.07 Å². The van der Waals surface area contributed by atoms with Gasteiger partial charge in [0.05, 0.1) is 23.9 Å². The van der Waals surface area contributed by atoms with Gasteiger partial charge in [-0.3, -0.25) is 0 Å². The summed E-state index contributed by atoms with van der Waals surface area (Å²) in [5.41, 5.74) is 1.88. The van der Waals surface area contributed by atoms with Crippen molar-refractivity contribution in [2.75, 3.05) is 0 Å². The first-order valence-corrected chi connectivity index (χ1v) is 8.84. The monoisotopic (exact) mass is 341 g/mol. The second kappa shape index (κ2) is 5.61. The van der Waals surface area contributed by atoms with Crippen LogP contribution in [0.2, 0.25) is 0 Å². The molecule has 0 bridgehead atoms. The molecule has 1 aromatic carbocycles. The number of hydrogen-bond donors (Lipinski definition) is 1. The standard InChI is InChI=1S/C19H20ClN3O/c20-18(8-9-18)19(24,12-23-13-22-11-15(23)10-21)17-7-3-5-14-4-1-2-6-16(14)17/h1-2,4,6,11,13,17,24H,3,5,7-9,12H2. The molecule has 0 aliphatic heterocycles. The Morgan fingerprint density at radius 3 is 2.96 bits per heavy atom. The Hall–Kier alpha value is -1.83. The zero-order valence-electron chi connectivity index (χ0n) is 13.5. The lowest BCUT2D eigenvalue weighted by Gasteiger charge is -2.43. The number of aromatic nitrogens is 2. The maximum atomic E-state index is 11.8. The third-order valence-corrected chi connectivity index (χ3v) is 6.35. The number of rotatable bonds is 4. The Morgan fingerprint density at radius 1 is 1.42 bits per heavy atom. The first-order chi connectivity index (χ1) is 11.6. The SMILES string of the molecule is N#Cc1cncn1CC(O)(C1CCCc2ccccc21)C1(Cl)CC1. The number of halogens is 1. The van der Waals surface area contributed by atoms with Crippen LogP contribution in [0, 0.1) is 11.3 Å². The lowest BCUT2D eigenvalue weighted by Crippen LogP contribution is -2.51. The molecule has 0 saturated heterocycles. The van der Waals surface area contributed by atoms with Gasteiger partial charge in [0.15, 0.2) is 0 Å². The van der Waals surface area contributed by atoms with Gasteiger partial charge in [-0.15, -0.1) is 11.6 Å². The van der Waals surface area contributed by atoms with E-state index in [9.17, 15) is 10.4 Å². The second-order valence-corrected chi connectivity index (χ2v) is 7.78. The Balaban J connectivity index is 1.77. The molecule has 5 heteroatoms. The van der Waals surface area contributed by atoms with E-state index in [0.29, 0.717) is 12.2 Å². The molecule has 2 aliphatic rings. The van der Waals surface area contributed by atoms with Gasteiger partial charge in [-0.1, -0.05) is 24.3 Å². The fourth-order valence-corrected chi connectivity index (χ4v) is 4.44. The lowest BCUT2D eigenvalue weighted by molar-refractivity contribution is -0.0212. The van der Waals surface area contributed by atoms with Gasteiger partial charge >= 0.3 is 0 Å². The molecule has 2 aliphatic carbocycles. The predicted octanol–water partition coefficient (Wildman–Crippen LogP) is 3.38. The molecule has 2 aromatic rings. The fraction of sp³-hybridized carbons (Fsp3) is 0.474. The molecule has 1 saturated carbocycles. The van der Waals surface area contributed by atoms with E-state index < -0.39 is 10.5 Å². The van der Waals surface area contributed by atoms with Crippen molar-refractivity contribution >= 4 is 11.6 Å². The van der Waals surface area contributed by atoms with Crippen molar-refractivity contribution in [2.24, 2.45) is 0 Å². The molecule has 2 atom stereocenters. The molecular weight excluding hydrogens is 322 g/mol. The van der Waals surface area contributed by atoms with Gasteiger partial charge in [0.25, 0.3) is 0 Å². The predicted molar refractivity (Wildman–Crippen MR) is 91.8 cm³/mol. The third-order valence-electron chi connectivity index (χ3n) is 5.65. The van der Waals surface area contributed by atoms with Gasteiger partial charge < -0.3 is 9.67 Å². The Kier molecular flexibility index (Phi) is 3.67. The highest BCUT2D eigenvalue weighted by molar-refractivity contribution is 6.26. The van der Waals surface area contributed by atoms with Gasteiger partial charge in [-0.25, -0.2) is 4.98 Å². The van der Waals surface area contributed by atoms with Gasteiger partial charge in [-0.05, 0) is 43.2 Å². The minimum absolute atomic E-state index is 0.0172. The van der Waals surface area contributed by atoms with Gasteiger partial charge in [0, 0.05) is 5.92 Å². The van der Waals surface area contributed by atoms with Crippen LogP contribution < -0.4 is 0 Å². The highest BCUT2D eigenvalue weighted by Crippen LogP contribution is 2.58. The van der Waals surface area contributed by atoms with Crippen LogP contribution in [0.25, 0.3) is 0 Å². The number of hydrogen-bond acceptors (Lipinski definition) is 3. The summed E-state index contributed by atoms with van der Waals surface area (Å²) in [5, 5.41) is 21.0. The van der Waals surface area contributed by atoms with Crippen LogP contribution in [0.15, 0.2) is 36.8 Å². The molecule has 4 rings (SSSR count). The molecule has 1 fully saturated rings. The van der Waals surface area contributed by atoms with Crippen molar-refractivity contribution < 1.29 is 5.11 Å². The van der Waals surface area contributed by atoms with Gasteiger partial charge in [-0.2, -0.15) is 5.26 Å². The van der Waals surface area contributed by atoms with Crippen molar-refractivity contribution in [1.29, 1.82) is 5.26 Å².